The first-order valence-corrected chi connectivity index (χ1v) is 9.76. The summed E-state index contributed by atoms with van der Waals surface area (Å²) in [6.45, 7) is 0.253. The summed E-state index contributed by atoms with van der Waals surface area (Å²) in [7, 11) is 0. The van der Waals surface area contributed by atoms with Crippen molar-refractivity contribution in [3.63, 3.8) is 0 Å². The minimum Gasteiger partial charge on any atom is -0.464 e. The lowest BCUT2D eigenvalue weighted by atomic mass is 9.96. The molecule has 2 aromatic carbocycles. The Balaban J connectivity index is 1.44. The lowest BCUT2D eigenvalue weighted by molar-refractivity contribution is -0.0192. The van der Waals surface area contributed by atoms with E-state index in [9.17, 15) is 0 Å². The van der Waals surface area contributed by atoms with E-state index in [0.717, 1.165) is 46.1 Å². The molecule has 0 aliphatic carbocycles. The molecule has 0 bridgehead atoms. The molecule has 3 aromatic rings. The summed E-state index contributed by atoms with van der Waals surface area (Å²) in [6.07, 6.45) is 3.96. The van der Waals surface area contributed by atoms with Crippen molar-refractivity contribution in [3.8, 4) is 17.2 Å². The first-order chi connectivity index (χ1) is 14.3. The molecule has 0 saturated carbocycles. The van der Waals surface area contributed by atoms with Gasteiger partial charge in [-0.2, -0.15) is 5.10 Å². The Hall–Kier alpha value is -3.25. The number of hydrogen-bond donors (Lipinski definition) is 0. The zero-order chi connectivity index (χ0) is 19.4. The highest BCUT2D eigenvalue weighted by Crippen LogP contribution is 2.48. The quantitative estimate of drug-likeness (QED) is 0.618. The fourth-order valence-electron chi connectivity index (χ4n) is 4.05. The third kappa shape index (κ3) is 2.71. The summed E-state index contributed by atoms with van der Waals surface area (Å²) in [6, 6.07) is 15.6. The van der Waals surface area contributed by atoms with E-state index in [1.54, 1.807) is 6.20 Å². The van der Waals surface area contributed by atoms with Gasteiger partial charge in [0, 0.05) is 40.5 Å². The van der Waals surface area contributed by atoms with Crippen LogP contribution in [0.3, 0.4) is 0 Å². The minimum absolute atomic E-state index is 0.0306. The summed E-state index contributed by atoms with van der Waals surface area (Å²) in [4.78, 5) is 4.25. The fourth-order valence-corrected chi connectivity index (χ4v) is 4.23. The van der Waals surface area contributed by atoms with Gasteiger partial charge in [-0.15, -0.1) is 0 Å². The van der Waals surface area contributed by atoms with Crippen molar-refractivity contribution in [3.05, 3.63) is 82.6 Å². The van der Waals surface area contributed by atoms with E-state index in [2.05, 4.69) is 4.98 Å². The number of fused-ring (bicyclic) bond motifs is 4. The van der Waals surface area contributed by atoms with Crippen LogP contribution in [0, 0.1) is 0 Å². The van der Waals surface area contributed by atoms with Gasteiger partial charge in [-0.25, -0.2) is 5.01 Å². The fraction of sp³-hybridized carbons (Fsp3) is 0.182. The van der Waals surface area contributed by atoms with Gasteiger partial charge in [-0.1, -0.05) is 17.7 Å². The molecule has 2 atom stereocenters. The van der Waals surface area contributed by atoms with Crippen molar-refractivity contribution in [2.45, 2.75) is 18.7 Å². The van der Waals surface area contributed by atoms with E-state index >= 15 is 0 Å². The van der Waals surface area contributed by atoms with Crippen LogP contribution in [0.1, 0.15) is 35.4 Å². The molecule has 0 amide bonds. The number of benzene rings is 2. The van der Waals surface area contributed by atoms with Gasteiger partial charge in [0.15, 0.2) is 11.5 Å². The van der Waals surface area contributed by atoms with E-state index < -0.39 is 0 Å². The SMILES string of the molecule is Clc1ccc2c(c1)[C@H]1CC(c3ccc4c(c3)OCO4)=NN1[C@@H](c1cccnc1)O2. The van der Waals surface area contributed by atoms with Crippen LogP contribution < -0.4 is 14.2 Å². The number of hydrazone groups is 1. The first kappa shape index (κ1) is 16.7. The van der Waals surface area contributed by atoms with Crippen molar-refractivity contribution in [2.24, 2.45) is 5.10 Å². The van der Waals surface area contributed by atoms with Gasteiger partial charge in [0.25, 0.3) is 0 Å². The molecule has 1 aromatic heterocycles. The van der Waals surface area contributed by atoms with Crippen LogP contribution in [-0.2, 0) is 0 Å². The van der Waals surface area contributed by atoms with E-state index in [1.807, 2.05) is 59.7 Å². The summed E-state index contributed by atoms with van der Waals surface area (Å²) < 4.78 is 17.3. The van der Waals surface area contributed by atoms with E-state index in [1.165, 1.54) is 0 Å². The van der Waals surface area contributed by atoms with Crippen LogP contribution in [0.2, 0.25) is 5.02 Å². The minimum atomic E-state index is -0.353. The number of hydrogen-bond acceptors (Lipinski definition) is 6. The molecule has 0 fully saturated rings. The second kappa shape index (κ2) is 6.39. The molecule has 29 heavy (non-hydrogen) atoms. The largest absolute Gasteiger partial charge is 0.464 e. The van der Waals surface area contributed by atoms with Gasteiger partial charge in [-0.3, -0.25) is 4.98 Å². The zero-order valence-corrected chi connectivity index (χ0v) is 16.0. The molecule has 144 valence electrons. The molecule has 0 spiro atoms. The number of rotatable bonds is 2. The highest BCUT2D eigenvalue weighted by atomic mass is 35.5. The van der Waals surface area contributed by atoms with E-state index in [-0.39, 0.29) is 19.1 Å². The van der Waals surface area contributed by atoms with Crippen LogP contribution in [-0.4, -0.2) is 22.5 Å². The van der Waals surface area contributed by atoms with Gasteiger partial charge >= 0.3 is 0 Å². The maximum Gasteiger partial charge on any atom is 0.231 e. The summed E-state index contributed by atoms with van der Waals surface area (Å²) in [5.41, 5.74) is 3.97. The zero-order valence-electron chi connectivity index (χ0n) is 15.3. The monoisotopic (exact) mass is 405 g/mol. The van der Waals surface area contributed by atoms with Crippen molar-refractivity contribution in [1.82, 2.24) is 9.99 Å². The third-order valence-electron chi connectivity index (χ3n) is 5.43. The van der Waals surface area contributed by atoms with Gasteiger partial charge < -0.3 is 14.2 Å². The number of pyridine rings is 1. The summed E-state index contributed by atoms with van der Waals surface area (Å²) in [5, 5.41) is 7.64. The summed E-state index contributed by atoms with van der Waals surface area (Å²) >= 11 is 6.29. The van der Waals surface area contributed by atoms with Gasteiger partial charge in [0.05, 0.1) is 11.8 Å². The number of ether oxygens (including phenoxy) is 3. The standard InChI is InChI=1S/C22H16ClN3O3/c23-15-4-6-19-16(9-15)18-10-17(13-3-5-20-21(8-13)28-12-27-20)25-26(18)22(29-19)14-2-1-7-24-11-14/h1-9,11,18,22H,10,12H2/t18-,22-/m1/s1. The predicted molar refractivity (Wildman–Crippen MR) is 107 cm³/mol. The average Bonchev–Trinajstić information content (AvgIpc) is 3.40. The Kier molecular flexibility index (Phi) is 3.67. The van der Waals surface area contributed by atoms with Crippen LogP contribution in [0.4, 0.5) is 0 Å². The number of nitrogens with zero attached hydrogens (tertiary/aromatic N) is 3. The smallest absolute Gasteiger partial charge is 0.231 e. The van der Waals surface area contributed by atoms with Crippen LogP contribution in [0.25, 0.3) is 0 Å². The molecule has 4 heterocycles. The third-order valence-corrected chi connectivity index (χ3v) is 5.66. The molecule has 0 radical (unpaired) electrons. The van der Waals surface area contributed by atoms with E-state index in [0.29, 0.717) is 5.02 Å². The number of halogens is 1. The van der Waals surface area contributed by atoms with Gasteiger partial charge in [-0.05, 0) is 42.5 Å². The van der Waals surface area contributed by atoms with Crippen LogP contribution in [0.15, 0.2) is 66.0 Å². The molecule has 7 heteroatoms. The van der Waals surface area contributed by atoms with Crippen LogP contribution in [0.5, 0.6) is 17.2 Å². The molecular weight excluding hydrogens is 390 g/mol. The normalized spacial score (nSPS) is 21.3. The second-order valence-corrected chi connectivity index (χ2v) is 7.59. The highest BCUT2D eigenvalue weighted by molar-refractivity contribution is 6.30. The Bertz CT molecular complexity index is 1140. The topological polar surface area (TPSA) is 56.2 Å². The second-order valence-electron chi connectivity index (χ2n) is 7.15. The summed E-state index contributed by atoms with van der Waals surface area (Å²) in [5.74, 6) is 2.34. The Morgan fingerprint density at radius 3 is 2.79 bits per heavy atom. The molecule has 0 N–H and O–H groups in total. The average molecular weight is 406 g/mol. The van der Waals surface area contributed by atoms with E-state index in [4.69, 9.17) is 30.9 Å². The molecule has 3 aliphatic heterocycles. The van der Waals surface area contributed by atoms with Crippen LogP contribution >= 0.6 is 11.6 Å². The Morgan fingerprint density at radius 1 is 1.00 bits per heavy atom. The van der Waals surface area contributed by atoms with Crippen molar-refractivity contribution in [1.29, 1.82) is 0 Å². The van der Waals surface area contributed by atoms with Crippen molar-refractivity contribution in [2.75, 3.05) is 6.79 Å². The molecule has 6 rings (SSSR count). The van der Waals surface area contributed by atoms with Crippen molar-refractivity contribution >= 4 is 17.3 Å². The highest BCUT2D eigenvalue weighted by Gasteiger charge is 2.41. The number of aromatic nitrogens is 1. The Labute approximate surface area is 172 Å². The van der Waals surface area contributed by atoms with Gasteiger partial charge in [0.2, 0.25) is 13.0 Å². The maximum absolute atomic E-state index is 6.32. The lowest BCUT2D eigenvalue weighted by Gasteiger charge is -2.38. The molecule has 0 saturated heterocycles. The lowest BCUT2D eigenvalue weighted by Crippen LogP contribution is -2.33. The molecule has 6 nitrogen and oxygen atoms in total. The van der Waals surface area contributed by atoms with Crippen molar-refractivity contribution < 1.29 is 14.2 Å². The van der Waals surface area contributed by atoms with Gasteiger partial charge in [0.1, 0.15) is 5.75 Å². The molecule has 0 unspecified atom stereocenters. The maximum atomic E-state index is 6.32. The Morgan fingerprint density at radius 2 is 1.90 bits per heavy atom. The first-order valence-electron chi connectivity index (χ1n) is 9.38. The molecule has 3 aliphatic rings. The predicted octanol–water partition coefficient (Wildman–Crippen LogP) is 4.71. The molecular formula is C22H16ClN3O3.